The van der Waals surface area contributed by atoms with Crippen molar-refractivity contribution >= 4 is 33.2 Å². The van der Waals surface area contributed by atoms with E-state index in [9.17, 15) is 13.2 Å². The third-order valence-electron chi connectivity index (χ3n) is 4.92. The van der Waals surface area contributed by atoms with Crippen LogP contribution < -0.4 is 5.32 Å². The maximum atomic E-state index is 13.3. The molecule has 0 spiro atoms. The monoisotopic (exact) mass is 456 g/mol. The smallest absolute Gasteiger partial charge is 0.243 e. The Labute approximate surface area is 188 Å². The predicted molar refractivity (Wildman–Crippen MR) is 125 cm³/mol. The molecule has 0 aliphatic rings. The summed E-state index contributed by atoms with van der Waals surface area (Å²) < 4.78 is 27.8. The maximum Gasteiger partial charge on any atom is 0.243 e. The van der Waals surface area contributed by atoms with Crippen LogP contribution in [0.2, 0.25) is 5.02 Å². The van der Waals surface area contributed by atoms with Gasteiger partial charge < -0.3 is 5.32 Å². The molecule has 0 aromatic heterocycles. The first-order chi connectivity index (χ1) is 14.6. The quantitative estimate of drug-likeness (QED) is 0.538. The van der Waals surface area contributed by atoms with E-state index >= 15 is 0 Å². The summed E-state index contributed by atoms with van der Waals surface area (Å²) in [5.41, 5.74) is 4.45. The number of halogens is 1. The van der Waals surface area contributed by atoms with E-state index in [1.807, 2.05) is 63.2 Å². The van der Waals surface area contributed by atoms with Crippen LogP contribution in [0, 0.1) is 20.8 Å². The minimum absolute atomic E-state index is 0.0749. The number of amides is 1. The summed E-state index contributed by atoms with van der Waals surface area (Å²) in [5.74, 6) is -0.404. The fourth-order valence-corrected chi connectivity index (χ4v) is 4.61. The number of carbonyl (C=O) groups excluding carboxylic acids is 1. The molecule has 0 bridgehead atoms. The average Bonchev–Trinajstić information content (AvgIpc) is 2.72. The first kappa shape index (κ1) is 23.0. The highest BCUT2D eigenvalue weighted by Gasteiger charge is 2.27. The molecule has 1 N–H and O–H groups in total. The molecule has 0 saturated carbocycles. The van der Waals surface area contributed by atoms with Gasteiger partial charge in [0.25, 0.3) is 0 Å². The molecule has 0 unspecified atom stereocenters. The third-order valence-corrected chi connectivity index (χ3v) is 6.98. The normalized spacial score (nSPS) is 11.5. The van der Waals surface area contributed by atoms with E-state index in [1.54, 1.807) is 0 Å². The Morgan fingerprint density at radius 1 is 0.903 bits per heavy atom. The van der Waals surface area contributed by atoms with Crippen molar-refractivity contribution in [2.45, 2.75) is 32.2 Å². The SMILES string of the molecule is Cc1ccc(CN(CC(=O)Nc2cc(C)ccc2C)S(=O)(=O)c2ccc(Cl)cc2)cc1. The van der Waals surface area contributed by atoms with Crippen LogP contribution in [0.15, 0.2) is 71.6 Å². The number of hydrogen-bond acceptors (Lipinski definition) is 3. The number of benzene rings is 3. The lowest BCUT2D eigenvalue weighted by molar-refractivity contribution is -0.116. The second kappa shape index (κ2) is 9.64. The number of carbonyl (C=O) groups is 1. The van der Waals surface area contributed by atoms with Gasteiger partial charge in [-0.3, -0.25) is 4.79 Å². The van der Waals surface area contributed by atoms with Crippen molar-refractivity contribution in [1.29, 1.82) is 0 Å². The van der Waals surface area contributed by atoms with Gasteiger partial charge in [-0.1, -0.05) is 53.6 Å². The zero-order chi connectivity index (χ0) is 22.6. The number of anilines is 1. The summed E-state index contributed by atoms with van der Waals surface area (Å²) in [7, 11) is -3.92. The number of nitrogens with zero attached hydrogens (tertiary/aromatic N) is 1. The van der Waals surface area contributed by atoms with Crippen LogP contribution in [0.3, 0.4) is 0 Å². The minimum atomic E-state index is -3.92. The van der Waals surface area contributed by atoms with Gasteiger partial charge in [0, 0.05) is 17.3 Å². The first-order valence-corrected chi connectivity index (χ1v) is 11.7. The molecule has 0 fully saturated rings. The third kappa shape index (κ3) is 5.94. The van der Waals surface area contributed by atoms with Crippen LogP contribution in [-0.2, 0) is 21.4 Å². The Morgan fingerprint density at radius 3 is 2.16 bits per heavy atom. The van der Waals surface area contributed by atoms with Crippen LogP contribution in [0.25, 0.3) is 0 Å². The lowest BCUT2D eigenvalue weighted by Crippen LogP contribution is -2.37. The van der Waals surface area contributed by atoms with Crippen molar-refractivity contribution in [1.82, 2.24) is 4.31 Å². The maximum absolute atomic E-state index is 13.3. The Kier molecular flexibility index (Phi) is 7.15. The molecule has 0 saturated heterocycles. The van der Waals surface area contributed by atoms with E-state index in [0.29, 0.717) is 10.7 Å². The predicted octanol–water partition coefficient (Wildman–Crippen LogP) is 5.09. The van der Waals surface area contributed by atoms with Crippen molar-refractivity contribution in [3.8, 4) is 0 Å². The highest BCUT2D eigenvalue weighted by molar-refractivity contribution is 7.89. The molecule has 3 rings (SSSR count). The van der Waals surface area contributed by atoms with Gasteiger partial charge in [-0.2, -0.15) is 4.31 Å². The number of rotatable bonds is 7. The molecule has 0 aliphatic heterocycles. The van der Waals surface area contributed by atoms with E-state index in [0.717, 1.165) is 22.3 Å². The summed E-state index contributed by atoms with van der Waals surface area (Å²) in [4.78, 5) is 12.9. The van der Waals surface area contributed by atoms with Crippen molar-refractivity contribution < 1.29 is 13.2 Å². The van der Waals surface area contributed by atoms with Crippen LogP contribution in [0.4, 0.5) is 5.69 Å². The van der Waals surface area contributed by atoms with Gasteiger partial charge in [-0.25, -0.2) is 8.42 Å². The fourth-order valence-electron chi connectivity index (χ4n) is 3.10. The molecular formula is C24H25ClN2O3S. The van der Waals surface area contributed by atoms with Gasteiger partial charge >= 0.3 is 0 Å². The van der Waals surface area contributed by atoms with Crippen molar-refractivity contribution in [2.24, 2.45) is 0 Å². The topological polar surface area (TPSA) is 66.5 Å². The molecule has 3 aromatic carbocycles. The van der Waals surface area contributed by atoms with Gasteiger partial charge in [0.05, 0.1) is 11.4 Å². The Morgan fingerprint density at radius 2 is 1.52 bits per heavy atom. The molecule has 0 heterocycles. The lowest BCUT2D eigenvalue weighted by Gasteiger charge is -2.22. The molecule has 162 valence electrons. The number of nitrogens with one attached hydrogen (secondary N) is 1. The van der Waals surface area contributed by atoms with Crippen LogP contribution in [0.1, 0.15) is 22.3 Å². The number of aryl methyl sites for hydroxylation is 3. The van der Waals surface area contributed by atoms with Crippen molar-refractivity contribution in [2.75, 3.05) is 11.9 Å². The summed E-state index contributed by atoms with van der Waals surface area (Å²) >= 11 is 5.92. The minimum Gasteiger partial charge on any atom is -0.325 e. The largest absolute Gasteiger partial charge is 0.325 e. The van der Waals surface area contributed by atoms with E-state index < -0.39 is 15.9 Å². The summed E-state index contributed by atoms with van der Waals surface area (Å²) in [5, 5.41) is 3.28. The molecule has 7 heteroatoms. The van der Waals surface area contributed by atoms with E-state index in [2.05, 4.69) is 5.32 Å². The van der Waals surface area contributed by atoms with Crippen molar-refractivity contribution in [3.05, 3.63) is 94.0 Å². The highest BCUT2D eigenvalue weighted by atomic mass is 35.5. The molecular weight excluding hydrogens is 432 g/mol. The van der Waals surface area contributed by atoms with Gasteiger partial charge in [-0.15, -0.1) is 0 Å². The highest BCUT2D eigenvalue weighted by Crippen LogP contribution is 2.22. The van der Waals surface area contributed by atoms with E-state index in [4.69, 9.17) is 11.6 Å². The molecule has 0 atom stereocenters. The lowest BCUT2D eigenvalue weighted by atomic mass is 10.1. The summed E-state index contributed by atoms with van der Waals surface area (Å²) in [6, 6.07) is 19.2. The van der Waals surface area contributed by atoms with Crippen molar-refractivity contribution in [3.63, 3.8) is 0 Å². The molecule has 5 nitrogen and oxygen atoms in total. The Hall–Kier alpha value is -2.67. The van der Waals surface area contributed by atoms with Gasteiger partial charge in [0.2, 0.25) is 15.9 Å². The second-order valence-corrected chi connectivity index (χ2v) is 9.95. The summed E-state index contributed by atoms with van der Waals surface area (Å²) in [6.07, 6.45) is 0. The number of sulfonamides is 1. The molecule has 0 aliphatic carbocycles. The standard InChI is InChI=1S/C24H25ClN2O3S/c1-17-5-8-20(9-6-17)15-27(31(29,30)22-12-10-21(25)11-13-22)16-24(28)26-23-14-18(2)4-7-19(23)3/h4-14H,15-16H2,1-3H3,(H,26,28). The van der Waals surface area contributed by atoms with Gasteiger partial charge in [-0.05, 0) is 67.8 Å². The van der Waals surface area contributed by atoms with Crippen LogP contribution in [-0.4, -0.2) is 25.2 Å². The Balaban J connectivity index is 1.89. The zero-order valence-corrected chi connectivity index (χ0v) is 19.3. The first-order valence-electron chi connectivity index (χ1n) is 9.83. The Bertz CT molecular complexity index is 1170. The average molecular weight is 457 g/mol. The zero-order valence-electron chi connectivity index (χ0n) is 17.7. The van der Waals surface area contributed by atoms with Gasteiger partial charge in [0.15, 0.2) is 0 Å². The van der Waals surface area contributed by atoms with Crippen LogP contribution in [0.5, 0.6) is 0 Å². The van der Waals surface area contributed by atoms with E-state index in [-0.39, 0.29) is 18.0 Å². The number of hydrogen-bond donors (Lipinski definition) is 1. The molecule has 3 aromatic rings. The molecule has 31 heavy (non-hydrogen) atoms. The second-order valence-electron chi connectivity index (χ2n) is 7.58. The summed E-state index contributed by atoms with van der Waals surface area (Å²) in [6.45, 7) is 5.55. The van der Waals surface area contributed by atoms with E-state index in [1.165, 1.54) is 28.6 Å². The fraction of sp³-hybridized carbons (Fsp3) is 0.208. The molecule has 1 amide bonds. The van der Waals surface area contributed by atoms with Crippen LogP contribution >= 0.6 is 11.6 Å². The van der Waals surface area contributed by atoms with Gasteiger partial charge in [0.1, 0.15) is 0 Å². The molecule has 0 radical (unpaired) electrons.